The lowest BCUT2D eigenvalue weighted by atomic mass is 10.3. The Bertz CT molecular complexity index is 347. The van der Waals surface area contributed by atoms with Crippen LogP contribution in [0.1, 0.15) is 25.5 Å². The molecule has 0 spiro atoms. The van der Waals surface area contributed by atoms with Crippen LogP contribution in [0.25, 0.3) is 0 Å². The minimum absolute atomic E-state index is 0.277. The minimum Gasteiger partial charge on any atom is -0.390 e. The first-order chi connectivity index (χ1) is 8.79. The van der Waals surface area contributed by atoms with Crippen molar-refractivity contribution >= 4 is 0 Å². The van der Waals surface area contributed by atoms with E-state index in [9.17, 15) is 5.11 Å². The average molecular weight is 252 g/mol. The molecule has 102 valence electrons. The van der Waals surface area contributed by atoms with Gasteiger partial charge in [0.2, 0.25) is 0 Å². The third-order valence-electron chi connectivity index (χ3n) is 3.46. The SMILES string of the molecule is CCn1nccc1CNCC(O)CN1CCCC1. The number of hydrogen-bond acceptors (Lipinski definition) is 4. The van der Waals surface area contributed by atoms with Gasteiger partial charge in [-0.2, -0.15) is 5.10 Å². The van der Waals surface area contributed by atoms with Gasteiger partial charge >= 0.3 is 0 Å². The van der Waals surface area contributed by atoms with Gasteiger partial charge in [-0.3, -0.25) is 4.68 Å². The predicted octanol–water partition coefficient (Wildman–Crippen LogP) is 0.449. The Hall–Kier alpha value is -0.910. The molecule has 0 aliphatic carbocycles. The zero-order valence-electron chi connectivity index (χ0n) is 11.2. The molecule has 5 nitrogen and oxygen atoms in total. The third kappa shape index (κ3) is 3.80. The van der Waals surface area contributed by atoms with Gasteiger partial charge in [0.1, 0.15) is 0 Å². The van der Waals surface area contributed by atoms with Gasteiger partial charge < -0.3 is 15.3 Å². The molecule has 1 unspecified atom stereocenters. The lowest BCUT2D eigenvalue weighted by Gasteiger charge is -2.19. The lowest BCUT2D eigenvalue weighted by Crippen LogP contribution is -2.37. The van der Waals surface area contributed by atoms with Crippen LogP contribution in [0.5, 0.6) is 0 Å². The van der Waals surface area contributed by atoms with Crippen molar-refractivity contribution < 1.29 is 5.11 Å². The Kier molecular flexibility index (Phi) is 5.16. The van der Waals surface area contributed by atoms with Crippen LogP contribution < -0.4 is 5.32 Å². The summed E-state index contributed by atoms with van der Waals surface area (Å²) in [5.74, 6) is 0. The normalized spacial score (nSPS) is 18.3. The topological polar surface area (TPSA) is 53.3 Å². The van der Waals surface area contributed by atoms with E-state index in [1.54, 1.807) is 0 Å². The maximum absolute atomic E-state index is 9.94. The minimum atomic E-state index is -0.277. The van der Waals surface area contributed by atoms with Crippen molar-refractivity contribution in [2.24, 2.45) is 0 Å². The summed E-state index contributed by atoms with van der Waals surface area (Å²) >= 11 is 0. The van der Waals surface area contributed by atoms with E-state index in [4.69, 9.17) is 0 Å². The number of aryl methyl sites for hydroxylation is 1. The average Bonchev–Trinajstić information content (AvgIpc) is 3.00. The van der Waals surface area contributed by atoms with Gasteiger partial charge in [-0.05, 0) is 38.9 Å². The molecule has 0 radical (unpaired) electrons. The molecule has 1 saturated heterocycles. The molecule has 0 saturated carbocycles. The summed E-state index contributed by atoms with van der Waals surface area (Å²) in [6.07, 6.45) is 4.09. The van der Waals surface area contributed by atoms with Gasteiger partial charge in [0.05, 0.1) is 11.8 Å². The van der Waals surface area contributed by atoms with E-state index in [2.05, 4.69) is 22.2 Å². The lowest BCUT2D eigenvalue weighted by molar-refractivity contribution is 0.123. The van der Waals surface area contributed by atoms with Gasteiger partial charge in [0.15, 0.2) is 0 Å². The molecule has 1 aliphatic heterocycles. The van der Waals surface area contributed by atoms with Crippen molar-refractivity contribution in [3.63, 3.8) is 0 Å². The molecular formula is C13H24N4O. The smallest absolute Gasteiger partial charge is 0.0791 e. The molecule has 1 aliphatic rings. The van der Waals surface area contributed by atoms with Crippen molar-refractivity contribution in [3.8, 4) is 0 Å². The number of rotatable bonds is 7. The van der Waals surface area contributed by atoms with Crippen LogP contribution >= 0.6 is 0 Å². The quantitative estimate of drug-likeness (QED) is 0.740. The number of likely N-dealkylation sites (tertiary alicyclic amines) is 1. The van der Waals surface area contributed by atoms with Gasteiger partial charge in [-0.1, -0.05) is 0 Å². The van der Waals surface area contributed by atoms with Crippen LogP contribution in [-0.2, 0) is 13.1 Å². The van der Waals surface area contributed by atoms with Crippen molar-refractivity contribution in [1.82, 2.24) is 20.0 Å². The first-order valence-corrected chi connectivity index (χ1v) is 6.91. The third-order valence-corrected chi connectivity index (χ3v) is 3.46. The van der Waals surface area contributed by atoms with Crippen LogP contribution in [0, 0.1) is 0 Å². The highest BCUT2D eigenvalue weighted by Gasteiger charge is 2.15. The van der Waals surface area contributed by atoms with E-state index >= 15 is 0 Å². The molecule has 0 amide bonds. The van der Waals surface area contributed by atoms with Gasteiger partial charge in [0.25, 0.3) is 0 Å². The summed E-state index contributed by atoms with van der Waals surface area (Å²) in [5.41, 5.74) is 1.17. The Balaban J connectivity index is 1.65. The van der Waals surface area contributed by atoms with E-state index in [0.29, 0.717) is 6.54 Å². The fourth-order valence-electron chi connectivity index (χ4n) is 2.49. The van der Waals surface area contributed by atoms with E-state index in [0.717, 1.165) is 32.7 Å². The zero-order valence-corrected chi connectivity index (χ0v) is 11.2. The standard InChI is InChI=1S/C13H24N4O/c1-2-17-12(5-6-15-17)9-14-10-13(18)11-16-7-3-4-8-16/h5-6,13-14,18H,2-4,7-11H2,1H3. The maximum atomic E-state index is 9.94. The predicted molar refractivity (Wildman–Crippen MR) is 71.3 cm³/mol. The molecule has 18 heavy (non-hydrogen) atoms. The number of nitrogens with one attached hydrogen (secondary N) is 1. The fraction of sp³-hybridized carbons (Fsp3) is 0.769. The van der Waals surface area contributed by atoms with Crippen molar-refractivity contribution in [2.75, 3.05) is 26.2 Å². The molecule has 2 heterocycles. The molecule has 2 N–H and O–H groups in total. The van der Waals surface area contributed by atoms with Crippen molar-refractivity contribution in [1.29, 1.82) is 0 Å². The number of β-amino-alcohol motifs (C(OH)–C–C–N with tert-alkyl or cyclic N) is 1. The molecule has 1 aromatic heterocycles. The molecule has 2 rings (SSSR count). The summed E-state index contributed by atoms with van der Waals surface area (Å²) in [6.45, 7) is 7.45. The van der Waals surface area contributed by atoms with Crippen LogP contribution in [0.15, 0.2) is 12.3 Å². The second-order valence-electron chi connectivity index (χ2n) is 4.93. The van der Waals surface area contributed by atoms with Gasteiger partial charge in [-0.15, -0.1) is 0 Å². The summed E-state index contributed by atoms with van der Waals surface area (Å²) in [6, 6.07) is 2.02. The summed E-state index contributed by atoms with van der Waals surface area (Å²) < 4.78 is 1.97. The second kappa shape index (κ2) is 6.87. The van der Waals surface area contributed by atoms with E-state index in [1.165, 1.54) is 18.5 Å². The fourth-order valence-corrected chi connectivity index (χ4v) is 2.49. The van der Waals surface area contributed by atoms with Crippen LogP contribution in [0.4, 0.5) is 0 Å². The number of aliphatic hydroxyl groups excluding tert-OH is 1. The molecule has 1 atom stereocenters. The van der Waals surface area contributed by atoms with Crippen LogP contribution in [0.3, 0.4) is 0 Å². The Morgan fingerprint density at radius 3 is 2.94 bits per heavy atom. The summed E-state index contributed by atoms with van der Waals surface area (Å²) in [7, 11) is 0. The molecular weight excluding hydrogens is 228 g/mol. The Morgan fingerprint density at radius 2 is 2.22 bits per heavy atom. The van der Waals surface area contributed by atoms with Gasteiger partial charge in [0, 0.05) is 32.4 Å². The highest BCUT2D eigenvalue weighted by molar-refractivity contribution is 4.99. The second-order valence-corrected chi connectivity index (χ2v) is 4.93. The number of aliphatic hydroxyl groups is 1. The number of aromatic nitrogens is 2. The first-order valence-electron chi connectivity index (χ1n) is 6.91. The first kappa shape index (κ1) is 13.5. The zero-order chi connectivity index (χ0) is 12.8. The monoisotopic (exact) mass is 252 g/mol. The molecule has 5 heteroatoms. The Labute approximate surface area is 109 Å². The summed E-state index contributed by atoms with van der Waals surface area (Å²) in [4.78, 5) is 2.34. The maximum Gasteiger partial charge on any atom is 0.0791 e. The van der Waals surface area contributed by atoms with Crippen molar-refractivity contribution in [3.05, 3.63) is 18.0 Å². The van der Waals surface area contributed by atoms with E-state index in [1.807, 2.05) is 16.9 Å². The van der Waals surface area contributed by atoms with Gasteiger partial charge in [-0.25, -0.2) is 0 Å². The van der Waals surface area contributed by atoms with Crippen molar-refractivity contribution in [2.45, 2.75) is 39.0 Å². The van der Waals surface area contributed by atoms with Crippen LogP contribution in [-0.4, -0.2) is 52.1 Å². The van der Waals surface area contributed by atoms with E-state index < -0.39 is 0 Å². The molecule has 1 aromatic rings. The molecule has 1 fully saturated rings. The highest BCUT2D eigenvalue weighted by Crippen LogP contribution is 2.07. The molecule has 0 aromatic carbocycles. The van der Waals surface area contributed by atoms with E-state index in [-0.39, 0.29) is 6.10 Å². The number of nitrogens with zero attached hydrogens (tertiary/aromatic N) is 3. The van der Waals surface area contributed by atoms with Crippen LogP contribution in [0.2, 0.25) is 0 Å². The highest BCUT2D eigenvalue weighted by atomic mass is 16.3. The number of hydrogen-bond donors (Lipinski definition) is 2. The molecule has 0 bridgehead atoms. The Morgan fingerprint density at radius 1 is 1.44 bits per heavy atom. The largest absolute Gasteiger partial charge is 0.390 e. The summed E-state index contributed by atoms with van der Waals surface area (Å²) in [5, 5.41) is 17.5.